The van der Waals surface area contributed by atoms with Crippen LogP contribution in [-0.2, 0) is 0 Å². The smallest absolute Gasteiger partial charge is 0.0212 e. The molecule has 2 N–H and O–H groups in total. The number of nitrogens with two attached hydrogens (primary N) is 1. The lowest BCUT2D eigenvalue weighted by molar-refractivity contribution is 0.548. The number of benzene rings is 1. The van der Waals surface area contributed by atoms with Gasteiger partial charge in [0, 0.05) is 4.47 Å². The Morgan fingerprint density at radius 3 is 2.62 bits per heavy atom. The minimum Gasteiger partial charge on any atom is -0.330 e. The first-order valence-electron chi connectivity index (χ1n) is 6.15. The van der Waals surface area contributed by atoms with Crippen molar-refractivity contribution in [1.29, 1.82) is 0 Å². The van der Waals surface area contributed by atoms with E-state index in [9.17, 15) is 0 Å². The van der Waals surface area contributed by atoms with Crippen molar-refractivity contribution in [3.8, 4) is 0 Å². The van der Waals surface area contributed by atoms with Crippen molar-refractivity contribution in [2.45, 2.75) is 45.4 Å². The van der Waals surface area contributed by atoms with Crippen molar-refractivity contribution in [2.24, 2.45) is 5.73 Å². The maximum atomic E-state index is 5.60. The monoisotopic (exact) mass is 283 g/mol. The van der Waals surface area contributed by atoms with Gasteiger partial charge in [0.25, 0.3) is 0 Å². The molecule has 0 bridgehead atoms. The average Bonchev–Trinajstić information content (AvgIpc) is 2.25. The van der Waals surface area contributed by atoms with Gasteiger partial charge in [-0.05, 0) is 55.8 Å². The Labute approximate surface area is 108 Å². The minimum atomic E-state index is 0.656. The fourth-order valence-electron chi connectivity index (χ4n) is 2.13. The normalized spacial score (nSPS) is 12.8. The van der Waals surface area contributed by atoms with Gasteiger partial charge in [0.1, 0.15) is 0 Å². The molecule has 0 radical (unpaired) electrons. The molecule has 0 amide bonds. The Morgan fingerprint density at radius 1 is 1.31 bits per heavy atom. The van der Waals surface area contributed by atoms with E-state index in [1.807, 2.05) is 0 Å². The van der Waals surface area contributed by atoms with Gasteiger partial charge >= 0.3 is 0 Å². The highest BCUT2D eigenvalue weighted by atomic mass is 79.9. The van der Waals surface area contributed by atoms with Gasteiger partial charge in [-0.25, -0.2) is 0 Å². The Morgan fingerprint density at radius 2 is 2.06 bits per heavy atom. The third-order valence-corrected chi connectivity index (χ3v) is 3.68. The van der Waals surface area contributed by atoms with Crippen molar-refractivity contribution in [2.75, 3.05) is 6.54 Å². The van der Waals surface area contributed by atoms with Crippen LogP contribution in [0, 0.1) is 6.92 Å². The highest BCUT2D eigenvalue weighted by molar-refractivity contribution is 9.10. The lowest BCUT2D eigenvalue weighted by Crippen LogP contribution is -2.05. The van der Waals surface area contributed by atoms with Crippen LogP contribution in [0.3, 0.4) is 0 Å². The lowest BCUT2D eigenvalue weighted by Gasteiger charge is -2.18. The number of hydrogen-bond acceptors (Lipinski definition) is 1. The third kappa shape index (κ3) is 3.91. The second-order valence-corrected chi connectivity index (χ2v) is 5.30. The van der Waals surface area contributed by atoms with E-state index in [0.717, 1.165) is 13.0 Å². The van der Waals surface area contributed by atoms with Gasteiger partial charge in [0.2, 0.25) is 0 Å². The number of hydrogen-bond donors (Lipinski definition) is 1. The van der Waals surface area contributed by atoms with Gasteiger partial charge in [-0.15, -0.1) is 0 Å². The van der Waals surface area contributed by atoms with Gasteiger partial charge < -0.3 is 5.73 Å². The van der Waals surface area contributed by atoms with E-state index < -0.39 is 0 Å². The Hall–Kier alpha value is -0.340. The van der Waals surface area contributed by atoms with Crippen molar-refractivity contribution < 1.29 is 0 Å². The van der Waals surface area contributed by atoms with E-state index in [-0.39, 0.29) is 0 Å². The number of halogens is 1. The topological polar surface area (TPSA) is 26.0 Å². The predicted octanol–water partition coefficient (Wildman–Crippen LogP) is 4.38. The van der Waals surface area contributed by atoms with Crippen LogP contribution in [0.25, 0.3) is 0 Å². The first kappa shape index (κ1) is 13.7. The second kappa shape index (κ2) is 7.08. The molecule has 0 aromatic heterocycles. The van der Waals surface area contributed by atoms with Crippen LogP contribution < -0.4 is 5.73 Å². The summed E-state index contributed by atoms with van der Waals surface area (Å²) in [7, 11) is 0. The summed E-state index contributed by atoms with van der Waals surface area (Å²) in [6.07, 6.45) is 4.80. The molecule has 90 valence electrons. The molecule has 1 aromatic carbocycles. The molecule has 0 heterocycles. The second-order valence-electron chi connectivity index (χ2n) is 4.44. The molecule has 1 rings (SSSR count). The van der Waals surface area contributed by atoms with Gasteiger partial charge in [0.05, 0.1) is 0 Å². The van der Waals surface area contributed by atoms with Crippen LogP contribution in [0.15, 0.2) is 22.7 Å². The van der Waals surface area contributed by atoms with Crippen LogP contribution >= 0.6 is 15.9 Å². The van der Waals surface area contributed by atoms with E-state index in [2.05, 4.69) is 48.0 Å². The van der Waals surface area contributed by atoms with Crippen LogP contribution in [0.1, 0.15) is 49.7 Å². The molecule has 0 fully saturated rings. The summed E-state index contributed by atoms with van der Waals surface area (Å²) in [5.74, 6) is 0.656. The molecule has 2 heteroatoms. The molecule has 1 unspecified atom stereocenters. The first-order chi connectivity index (χ1) is 7.69. The molecule has 1 aromatic rings. The van der Waals surface area contributed by atoms with Crippen molar-refractivity contribution in [3.63, 3.8) is 0 Å². The zero-order chi connectivity index (χ0) is 12.0. The van der Waals surface area contributed by atoms with Crippen molar-refractivity contribution in [3.05, 3.63) is 33.8 Å². The van der Waals surface area contributed by atoms with E-state index in [1.54, 1.807) is 0 Å². The zero-order valence-corrected chi connectivity index (χ0v) is 11.9. The largest absolute Gasteiger partial charge is 0.330 e. The molecule has 0 saturated carbocycles. The summed E-state index contributed by atoms with van der Waals surface area (Å²) in [6, 6.07) is 6.67. The molecule has 1 atom stereocenters. The van der Waals surface area contributed by atoms with E-state index in [1.165, 1.54) is 34.9 Å². The molecule has 0 aliphatic heterocycles. The standard InChI is InChI=1S/C14H22BrN/c1-3-5-12(6-4-9-16)13-8-7-11(2)10-14(13)15/h7-8,10,12H,3-6,9,16H2,1-2H3. The summed E-state index contributed by atoms with van der Waals surface area (Å²) in [5.41, 5.74) is 8.36. The van der Waals surface area contributed by atoms with Crippen LogP contribution in [0.4, 0.5) is 0 Å². The van der Waals surface area contributed by atoms with E-state index in [4.69, 9.17) is 5.73 Å². The highest BCUT2D eigenvalue weighted by Gasteiger charge is 2.13. The average molecular weight is 284 g/mol. The van der Waals surface area contributed by atoms with Crippen molar-refractivity contribution >= 4 is 15.9 Å². The predicted molar refractivity (Wildman–Crippen MR) is 74.8 cm³/mol. The van der Waals surface area contributed by atoms with Crippen LogP contribution in [-0.4, -0.2) is 6.54 Å². The van der Waals surface area contributed by atoms with Gasteiger partial charge in [-0.2, -0.15) is 0 Å². The molecule has 16 heavy (non-hydrogen) atoms. The maximum Gasteiger partial charge on any atom is 0.0212 e. The fraction of sp³-hybridized carbons (Fsp3) is 0.571. The molecule has 0 spiro atoms. The number of aryl methyl sites for hydroxylation is 1. The fourth-order valence-corrected chi connectivity index (χ4v) is 2.95. The molecule has 0 saturated heterocycles. The molecule has 0 aliphatic carbocycles. The number of rotatable bonds is 6. The SMILES string of the molecule is CCCC(CCCN)c1ccc(C)cc1Br. The Kier molecular flexibility index (Phi) is 6.07. The summed E-state index contributed by atoms with van der Waals surface area (Å²) in [4.78, 5) is 0. The minimum absolute atomic E-state index is 0.656. The summed E-state index contributed by atoms with van der Waals surface area (Å²) >= 11 is 3.68. The summed E-state index contributed by atoms with van der Waals surface area (Å²) in [6.45, 7) is 5.17. The van der Waals surface area contributed by atoms with Crippen molar-refractivity contribution in [1.82, 2.24) is 0 Å². The third-order valence-electron chi connectivity index (χ3n) is 2.99. The Bertz CT molecular complexity index is 323. The molecule has 1 nitrogen and oxygen atoms in total. The quantitative estimate of drug-likeness (QED) is 0.824. The maximum absolute atomic E-state index is 5.60. The van der Waals surface area contributed by atoms with E-state index in [0.29, 0.717) is 5.92 Å². The molecular formula is C14H22BrN. The highest BCUT2D eigenvalue weighted by Crippen LogP contribution is 2.32. The zero-order valence-electron chi connectivity index (χ0n) is 10.3. The molecular weight excluding hydrogens is 262 g/mol. The lowest BCUT2D eigenvalue weighted by atomic mass is 9.90. The van der Waals surface area contributed by atoms with E-state index >= 15 is 0 Å². The summed E-state index contributed by atoms with van der Waals surface area (Å²) < 4.78 is 1.25. The summed E-state index contributed by atoms with van der Waals surface area (Å²) in [5, 5.41) is 0. The van der Waals surface area contributed by atoms with Crippen LogP contribution in [0.5, 0.6) is 0 Å². The first-order valence-corrected chi connectivity index (χ1v) is 6.94. The molecule has 0 aliphatic rings. The van der Waals surface area contributed by atoms with Crippen LogP contribution in [0.2, 0.25) is 0 Å². The van der Waals surface area contributed by atoms with Gasteiger partial charge in [0.15, 0.2) is 0 Å². The Balaban J connectivity index is 2.82. The van der Waals surface area contributed by atoms with Gasteiger partial charge in [-0.1, -0.05) is 41.4 Å². The van der Waals surface area contributed by atoms with Gasteiger partial charge in [-0.3, -0.25) is 0 Å².